The van der Waals surface area contributed by atoms with E-state index in [9.17, 15) is 14.7 Å². The Morgan fingerprint density at radius 3 is 2.33 bits per heavy atom. The molecular formula is C10H17NO4. The van der Waals surface area contributed by atoms with Crippen molar-refractivity contribution in [3.05, 3.63) is 0 Å². The molecule has 1 aliphatic rings. The number of aliphatic carboxylic acids is 1. The Bertz CT molecular complexity index is 258. The number of nitrogens with one attached hydrogen (secondary N) is 1. The highest BCUT2D eigenvalue weighted by Gasteiger charge is 2.36. The van der Waals surface area contributed by atoms with Crippen molar-refractivity contribution < 1.29 is 19.8 Å². The Hall–Kier alpha value is -1.10. The largest absolute Gasteiger partial charge is 0.481 e. The standard InChI is InChI=1S/C10H17NO4/c1-7(9(14)15)8(13)11-10(6-12)4-2-3-5-10/h7,12H,2-6H2,1H3,(H,11,13)(H,14,15). The molecule has 1 unspecified atom stereocenters. The van der Waals surface area contributed by atoms with Crippen LogP contribution in [0.1, 0.15) is 32.6 Å². The first-order chi connectivity index (χ1) is 7.01. The Morgan fingerprint density at radius 1 is 1.40 bits per heavy atom. The molecule has 86 valence electrons. The number of carboxylic acids is 1. The van der Waals surface area contributed by atoms with Crippen LogP contribution in [0.2, 0.25) is 0 Å². The molecule has 1 saturated carbocycles. The lowest BCUT2D eigenvalue weighted by Gasteiger charge is -2.28. The van der Waals surface area contributed by atoms with Crippen LogP contribution >= 0.6 is 0 Å². The van der Waals surface area contributed by atoms with Gasteiger partial charge in [-0.1, -0.05) is 12.8 Å². The molecular weight excluding hydrogens is 198 g/mol. The first-order valence-corrected chi connectivity index (χ1v) is 5.16. The number of hydrogen-bond donors (Lipinski definition) is 3. The topological polar surface area (TPSA) is 86.6 Å². The van der Waals surface area contributed by atoms with E-state index in [0.717, 1.165) is 25.7 Å². The summed E-state index contributed by atoms with van der Waals surface area (Å²) < 4.78 is 0. The lowest BCUT2D eigenvalue weighted by Crippen LogP contribution is -2.51. The van der Waals surface area contributed by atoms with Gasteiger partial charge < -0.3 is 15.5 Å². The van der Waals surface area contributed by atoms with Gasteiger partial charge in [0, 0.05) is 0 Å². The summed E-state index contributed by atoms with van der Waals surface area (Å²) >= 11 is 0. The zero-order valence-corrected chi connectivity index (χ0v) is 8.82. The Morgan fingerprint density at radius 2 is 1.93 bits per heavy atom. The maximum absolute atomic E-state index is 11.5. The monoisotopic (exact) mass is 215 g/mol. The molecule has 1 rings (SSSR count). The van der Waals surface area contributed by atoms with Crippen LogP contribution in [-0.2, 0) is 9.59 Å². The summed E-state index contributed by atoms with van der Waals surface area (Å²) in [7, 11) is 0. The zero-order valence-electron chi connectivity index (χ0n) is 8.82. The van der Waals surface area contributed by atoms with Gasteiger partial charge in [-0.2, -0.15) is 0 Å². The van der Waals surface area contributed by atoms with Crippen LogP contribution < -0.4 is 5.32 Å². The Balaban J connectivity index is 2.59. The van der Waals surface area contributed by atoms with Crippen molar-refractivity contribution >= 4 is 11.9 Å². The molecule has 5 nitrogen and oxygen atoms in total. The fourth-order valence-electron chi connectivity index (χ4n) is 1.86. The average Bonchev–Trinajstić information content (AvgIpc) is 2.65. The van der Waals surface area contributed by atoms with E-state index in [-0.39, 0.29) is 6.61 Å². The SMILES string of the molecule is CC(C(=O)O)C(=O)NC1(CO)CCCC1. The first kappa shape index (κ1) is 12.0. The number of amides is 1. The van der Waals surface area contributed by atoms with Gasteiger partial charge in [-0.3, -0.25) is 9.59 Å². The van der Waals surface area contributed by atoms with Gasteiger partial charge in [-0.05, 0) is 19.8 Å². The number of carbonyl (C=O) groups is 2. The highest BCUT2D eigenvalue weighted by Crippen LogP contribution is 2.29. The number of carbonyl (C=O) groups excluding carboxylic acids is 1. The summed E-state index contributed by atoms with van der Waals surface area (Å²) in [6.07, 6.45) is 3.37. The molecule has 1 amide bonds. The third-order valence-electron chi connectivity index (χ3n) is 3.02. The van der Waals surface area contributed by atoms with E-state index in [1.807, 2.05) is 0 Å². The van der Waals surface area contributed by atoms with E-state index in [1.165, 1.54) is 6.92 Å². The molecule has 0 spiro atoms. The van der Waals surface area contributed by atoms with Gasteiger partial charge in [-0.15, -0.1) is 0 Å². The number of carboxylic acid groups (broad SMARTS) is 1. The third-order valence-corrected chi connectivity index (χ3v) is 3.02. The van der Waals surface area contributed by atoms with Crippen molar-refractivity contribution in [1.82, 2.24) is 5.32 Å². The lowest BCUT2D eigenvalue weighted by atomic mass is 9.97. The second-order valence-electron chi connectivity index (χ2n) is 4.19. The van der Waals surface area contributed by atoms with E-state index >= 15 is 0 Å². The summed E-state index contributed by atoms with van der Waals surface area (Å²) in [5.74, 6) is -2.72. The number of aliphatic hydroxyl groups excluding tert-OH is 1. The fourth-order valence-corrected chi connectivity index (χ4v) is 1.86. The van der Waals surface area contributed by atoms with Gasteiger partial charge in [0.2, 0.25) is 5.91 Å². The highest BCUT2D eigenvalue weighted by molar-refractivity contribution is 5.96. The van der Waals surface area contributed by atoms with Crippen LogP contribution in [-0.4, -0.2) is 34.2 Å². The molecule has 5 heteroatoms. The van der Waals surface area contributed by atoms with Crippen molar-refractivity contribution in [2.45, 2.75) is 38.1 Å². The summed E-state index contributed by atoms with van der Waals surface area (Å²) in [5, 5.41) is 20.5. The van der Waals surface area contributed by atoms with E-state index in [4.69, 9.17) is 5.11 Å². The van der Waals surface area contributed by atoms with Gasteiger partial charge in [0.15, 0.2) is 0 Å². The maximum atomic E-state index is 11.5. The van der Waals surface area contributed by atoms with Gasteiger partial charge in [0.1, 0.15) is 5.92 Å². The van der Waals surface area contributed by atoms with Gasteiger partial charge in [0.05, 0.1) is 12.1 Å². The molecule has 1 fully saturated rings. The summed E-state index contributed by atoms with van der Waals surface area (Å²) in [6, 6.07) is 0. The van der Waals surface area contributed by atoms with E-state index in [0.29, 0.717) is 0 Å². The van der Waals surface area contributed by atoms with Crippen molar-refractivity contribution in [3.8, 4) is 0 Å². The normalized spacial score (nSPS) is 20.9. The predicted molar refractivity (Wildman–Crippen MR) is 53.2 cm³/mol. The smallest absolute Gasteiger partial charge is 0.315 e. The average molecular weight is 215 g/mol. The van der Waals surface area contributed by atoms with Crippen LogP contribution in [0.5, 0.6) is 0 Å². The minimum absolute atomic E-state index is 0.120. The molecule has 0 saturated heterocycles. The zero-order chi connectivity index (χ0) is 11.5. The number of hydrogen-bond acceptors (Lipinski definition) is 3. The fraction of sp³-hybridized carbons (Fsp3) is 0.800. The molecule has 15 heavy (non-hydrogen) atoms. The first-order valence-electron chi connectivity index (χ1n) is 5.16. The minimum atomic E-state index is -1.14. The van der Waals surface area contributed by atoms with Gasteiger partial charge >= 0.3 is 5.97 Å². The van der Waals surface area contributed by atoms with Gasteiger partial charge in [0.25, 0.3) is 0 Å². The van der Waals surface area contributed by atoms with Gasteiger partial charge in [-0.25, -0.2) is 0 Å². The van der Waals surface area contributed by atoms with Crippen LogP contribution in [0.4, 0.5) is 0 Å². The molecule has 3 N–H and O–H groups in total. The van der Waals surface area contributed by atoms with E-state index in [2.05, 4.69) is 5.32 Å². The second kappa shape index (κ2) is 4.61. The maximum Gasteiger partial charge on any atom is 0.315 e. The molecule has 1 atom stereocenters. The third kappa shape index (κ3) is 2.68. The Labute approximate surface area is 88.5 Å². The van der Waals surface area contributed by atoms with Crippen LogP contribution in [0, 0.1) is 5.92 Å². The quantitative estimate of drug-likeness (QED) is 0.582. The van der Waals surface area contributed by atoms with Crippen molar-refractivity contribution in [2.24, 2.45) is 5.92 Å². The van der Waals surface area contributed by atoms with Crippen molar-refractivity contribution in [3.63, 3.8) is 0 Å². The summed E-state index contributed by atoms with van der Waals surface area (Å²) in [4.78, 5) is 22.1. The molecule has 0 heterocycles. The highest BCUT2D eigenvalue weighted by atomic mass is 16.4. The summed E-state index contributed by atoms with van der Waals surface area (Å²) in [5.41, 5.74) is -0.583. The molecule has 0 bridgehead atoms. The predicted octanol–water partition coefficient (Wildman–Crippen LogP) is 0.128. The van der Waals surface area contributed by atoms with Crippen LogP contribution in [0.25, 0.3) is 0 Å². The molecule has 0 aromatic carbocycles. The molecule has 1 aliphatic carbocycles. The number of aliphatic hydroxyl groups is 1. The minimum Gasteiger partial charge on any atom is -0.481 e. The van der Waals surface area contributed by atoms with Crippen molar-refractivity contribution in [1.29, 1.82) is 0 Å². The molecule has 0 aromatic heterocycles. The summed E-state index contributed by atoms with van der Waals surface area (Å²) in [6.45, 7) is 1.22. The lowest BCUT2D eigenvalue weighted by molar-refractivity contribution is -0.146. The van der Waals surface area contributed by atoms with Crippen LogP contribution in [0.3, 0.4) is 0 Å². The van der Waals surface area contributed by atoms with Crippen LogP contribution in [0.15, 0.2) is 0 Å². The molecule has 0 radical (unpaired) electrons. The molecule has 0 aromatic rings. The van der Waals surface area contributed by atoms with Crippen molar-refractivity contribution in [2.75, 3.05) is 6.61 Å². The Kier molecular flexibility index (Phi) is 3.68. The van der Waals surface area contributed by atoms with E-state index in [1.54, 1.807) is 0 Å². The van der Waals surface area contributed by atoms with E-state index < -0.39 is 23.3 Å². The number of rotatable bonds is 4. The second-order valence-corrected chi connectivity index (χ2v) is 4.19. The molecule has 0 aliphatic heterocycles.